The van der Waals surface area contributed by atoms with Crippen molar-refractivity contribution in [2.45, 2.75) is 26.8 Å². The van der Waals surface area contributed by atoms with Gasteiger partial charge >= 0.3 is 0 Å². The van der Waals surface area contributed by atoms with Gasteiger partial charge in [-0.2, -0.15) is 11.3 Å². The Morgan fingerprint density at radius 1 is 1.43 bits per heavy atom. The maximum absolute atomic E-state index is 12.5. The molecule has 0 saturated carbocycles. The third-order valence-electron chi connectivity index (χ3n) is 3.10. The fourth-order valence-electron chi connectivity index (χ4n) is 2.08. The highest BCUT2D eigenvalue weighted by Gasteiger charge is 2.14. The topological polar surface area (TPSA) is 45.2 Å². The van der Waals surface area contributed by atoms with Crippen LogP contribution in [0.1, 0.15) is 35.0 Å². The van der Waals surface area contributed by atoms with Crippen LogP contribution in [0.25, 0.3) is 0 Å². The summed E-state index contributed by atoms with van der Waals surface area (Å²) in [6.45, 7) is 5.49. The summed E-state index contributed by atoms with van der Waals surface area (Å²) >= 11 is 1.65. The van der Waals surface area contributed by atoms with Gasteiger partial charge in [-0.25, -0.2) is 4.98 Å². The van der Waals surface area contributed by atoms with Crippen molar-refractivity contribution in [3.8, 4) is 0 Å². The van der Waals surface area contributed by atoms with Crippen molar-refractivity contribution in [2.24, 2.45) is 0 Å². The van der Waals surface area contributed by atoms with E-state index in [0.29, 0.717) is 12.1 Å². The normalized spacial score (nSPS) is 10.4. The maximum Gasteiger partial charge on any atom is 0.254 e. The minimum absolute atomic E-state index is 0.0197. The summed E-state index contributed by atoms with van der Waals surface area (Å²) in [6, 6.07) is 5.71. The lowest BCUT2D eigenvalue weighted by Gasteiger charge is -2.17. The van der Waals surface area contributed by atoms with Crippen molar-refractivity contribution >= 4 is 23.1 Å². The van der Waals surface area contributed by atoms with Crippen LogP contribution in [-0.2, 0) is 6.54 Å². The molecule has 0 radical (unpaired) electrons. The van der Waals surface area contributed by atoms with Crippen LogP contribution in [0, 0.1) is 6.92 Å². The zero-order chi connectivity index (χ0) is 15.2. The maximum atomic E-state index is 12.5. The summed E-state index contributed by atoms with van der Waals surface area (Å²) in [6.07, 6.45) is 1.02. The molecule has 0 fully saturated rings. The van der Waals surface area contributed by atoms with E-state index < -0.39 is 0 Å². The Balaban J connectivity index is 2.12. The first-order valence-corrected chi connectivity index (χ1v) is 8.03. The van der Waals surface area contributed by atoms with Crippen LogP contribution in [0.5, 0.6) is 0 Å². The molecule has 2 heterocycles. The number of pyridine rings is 1. The highest BCUT2D eigenvalue weighted by atomic mass is 32.1. The first-order valence-electron chi connectivity index (χ1n) is 7.09. The highest BCUT2D eigenvalue weighted by Crippen LogP contribution is 2.15. The Morgan fingerprint density at radius 3 is 2.90 bits per heavy atom. The summed E-state index contributed by atoms with van der Waals surface area (Å²) < 4.78 is 0. The molecule has 1 amide bonds. The van der Waals surface area contributed by atoms with Gasteiger partial charge in [-0.05, 0) is 47.9 Å². The van der Waals surface area contributed by atoms with E-state index in [2.05, 4.69) is 22.6 Å². The molecule has 0 spiro atoms. The predicted octanol–water partition coefficient (Wildman–Crippen LogP) is 3.55. The predicted molar refractivity (Wildman–Crippen MR) is 87.9 cm³/mol. The largest absolute Gasteiger partial charge is 0.370 e. The molecule has 0 aliphatic heterocycles. The fourth-order valence-corrected chi connectivity index (χ4v) is 2.74. The van der Waals surface area contributed by atoms with Crippen molar-refractivity contribution in [3.63, 3.8) is 0 Å². The van der Waals surface area contributed by atoms with Crippen molar-refractivity contribution in [1.82, 2.24) is 9.88 Å². The number of amides is 1. The van der Waals surface area contributed by atoms with Gasteiger partial charge in [0, 0.05) is 31.4 Å². The Labute approximate surface area is 129 Å². The van der Waals surface area contributed by atoms with Crippen LogP contribution in [0.2, 0.25) is 0 Å². The zero-order valence-corrected chi connectivity index (χ0v) is 13.5. The second-order valence-corrected chi connectivity index (χ2v) is 5.88. The second kappa shape index (κ2) is 7.22. The molecule has 0 aromatic carbocycles. The number of anilines is 1. The third kappa shape index (κ3) is 4.29. The van der Waals surface area contributed by atoms with E-state index in [1.807, 2.05) is 37.6 Å². The summed E-state index contributed by atoms with van der Waals surface area (Å²) in [5, 5.41) is 7.32. The van der Waals surface area contributed by atoms with Crippen LogP contribution in [0.15, 0.2) is 29.0 Å². The number of rotatable bonds is 6. The monoisotopic (exact) mass is 303 g/mol. The quantitative estimate of drug-likeness (QED) is 0.887. The van der Waals surface area contributed by atoms with Gasteiger partial charge in [0.1, 0.15) is 5.82 Å². The minimum atomic E-state index is 0.0197. The van der Waals surface area contributed by atoms with Gasteiger partial charge in [0.05, 0.1) is 0 Å². The molecule has 4 nitrogen and oxygen atoms in total. The number of carbonyl (C=O) groups excluding carboxylic acids is 1. The van der Waals surface area contributed by atoms with Gasteiger partial charge < -0.3 is 10.2 Å². The van der Waals surface area contributed by atoms with E-state index in [-0.39, 0.29) is 5.91 Å². The molecule has 2 aromatic heterocycles. The van der Waals surface area contributed by atoms with Crippen LogP contribution in [-0.4, -0.2) is 29.4 Å². The molecule has 0 unspecified atom stereocenters. The van der Waals surface area contributed by atoms with Gasteiger partial charge in [-0.15, -0.1) is 0 Å². The van der Waals surface area contributed by atoms with Gasteiger partial charge in [-0.1, -0.05) is 6.92 Å². The lowest BCUT2D eigenvalue weighted by Crippen LogP contribution is -2.26. The molecule has 21 heavy (non-hydrogen) atoms. The van der Waals surface area contributed by atoms with Gasteiger partial charge in [0.25, 0.3) is 5.91 Å². The van der Waals surface area contributed by atoms with Crippen molar-refractivity contribution in [2.75, 3.05) is 18.9 Å². The van der Waals surface area contributed by atoms with E-state index in [4.69, 9.17) is 0 Å². The summed E-state index contributed by atoms with van der Waals surface area (Å²) in [4.78, 5) is 18.7. The second-order valence-electron chi connectivity index (χ2n) is 5.10. The van der Waals surface area contributed by atoms with Crippen molar-refractivity contribution < 1.29 is 4.79 Å². The van der Waals surface area contributed by atoms with Crippen LogP contribution in [0.4, 0.5) is 5.82 Å². The van der Waals surface area contributed by atoms with Gasteiger partial charge in [0.15, 0.2) is 0 Å². The number of thiophene rings is 1. The molecular weight excluding hydrogens is 282 g/mol. The number of hydrogen-bond donors (Lipinski definition) is 1. The summed E-state index contributed by atoms with van der Waals surface area (Å²) in [5.41, 5.74) is 2.69. The summed E-state index contributed by atoms with van der Waals surface area (Å²) in [7, 11) is 1.83. The standard InChI is InChI=1S/C16H21N3OS/c1-4-6-17-15-9-14(8-12(2)18-15)16(20)19(3)10-13-5-7-21-11-13/h5,7-9,11H,4,6,10H2,1-3H3,(H,17,18). The Morgan fingerprint density at radius 2 is 2.24 bits per heavy atom. The number of carbonyl (C=O) groups is 1. The first-order chi connectivity index (χ1) is 10.1. The first kappa shape index (κ1) is 15.5. The van der Waals surface area contributed by atoms with E-state index in [1.54, 1.807) is 16.2 Å². The molecule has 0 aliphatic rings. The number of aromatic nitrogens is 1. The average Bonchev–Trinajstić information content (AvgIpc) is 2.96. The lowest BCUT2D eigenvalue weighted by atomic mass is 10.2. The van der Waals surface area contributed by atoms with Crippen LogP contribution >= 0.6 is 11.3 Å². The van der Waals surface area contributed by atoms with E-state index in [0.717, 1.165) is 30.0 Å². The highest BCUT2D eigenvalue weighted by molar-refractivity contribution is 7.07. The zero-order valence-electron chi connectivity index (χ0n) is 12.7. The molecule has 1 N–H and O–H groups in total. The van der Waals surface area contributed by atoms with E-state index in [1.165, 1.54) is 0 Å². The molecule has 2 aromatic rings. The molecule has 0 aliphatic carbocycles. The van der Waals surface area contributed by atoms with E-state index in [9.17, 15) is 4.79 Å². The smallest absolute Gasteiger partial charge is 0.254 e. The Hall–Kier alpha value is -1.88. The molecular formula is C16H21N3OS. The molecule has 5 heteroatoms. The number of nitrogens with one attached hydrogen (secondary N) is 1. The molecule has 0 atom stereocenters. The van der Waals surface area contributed by atoms with Crippen LogP contribution in [0.3, 0.4) is 0 Å². The Kier molecular flexibility index (Phi) is 5.33. The van der Waals surface area contributed by atoms with E-state index >= 15 is 0 Å². The Bertz CT molecular complexity index is 596. The van der Waals surface area contributed by atoms with Gasteiger partial charge in [-0.3, -0.25) is 4.79 Å². The number of hydrogen-bond acceptors (Lipinski definition) is 4. The van der Waals surface area contributed by atoms with Crippen LogP contribution < -0.4 is 5.32 Å². The minimum Gasteiger partial charge on any atom is -0.370 e. The fraction of sp³-hybridized carbons (Fsp3) is 0.375. The molecule has 112 valence electrons. The number of nitrogens with zero attached hydrogens (tertiary/aromatic N) is 2. The van der Waals surface area contributed by atoms with Gasteiger partial charge in [0.2, 0.25) is 0 Å². The van der Waals surface area contributed by atoms with Crippen molar-refractivity contribution in [1.29, 1.82) is 0 Å². The third-order valence-corrected chi connectivity index (χ3v) is 3.84. The SMILES string of the molecule is CCCNc1cc(C(=O)N(C)Cc2ccsc2)cc(C)n1. The molecule has 2 rings (SSSR count). The lowest BCUT2D eigenvalue weighted by molar-refractivity contribution is 0.0785. The summed E-state index contributed by atoms with van der Waals surface area (Å²) in [5.74, 6) is 0.787. The number of aryl methyl sites for hydroxylation is 1. The molecule has 0 saturated heterocycles. The van der Waals surface area contributed by atoms with Crippen molar-refractivity contribution in [3.05, 3.63) is 45.8 Å². The molecule has 0 bridgehead atoms. The average molecular weight is 303 g/mol.